The van der Waals surface area contributed by atoms with E-state index >= 15 is 0 Å². The zero-order valence-electron chi connectivity index (χ0n) is 16.2. The first-order valence-electron chi connectivity index (χ1n) is 9.53. The number of ether oxygens (including phenoxy) is 2. The van der Waals surface area contributed by atoms with Gasteiger partial charge >= 0.3 is 0 Å². The fraction of sp³-hybridized carbons (Fsp3) is 0.409. The van der Waals surface area contributed by atoms with Gasteiger partial charge in [-0.25, -0.2) is 4.39 Å². The number of anilines is 1. The highest BCUT2D eigenvalue weighted by Gasteiger charge is 2.35. The molecule has 2 aromatic rings. The van der Waals surface area contributed by atoms with Gasteiger partial charge < -0.3 is 14.4 Å². The van der Waals surface area contributed by atoms with E-state index in [1.165, 1.54) is 17.8 Å². The van der Waals surface area contributed by atoms with Crippen molar-refractivity contribution in [3.05, 3.63) is 53.3 Å². The number of methoxy groups -OCH3 is 1. The van der Waals surface area contributed by atoms with Crippen molar-refractivity contribution >= 4 is 23.4 Å². The normalized spacial score (nSPS) is 18.8. The molecule has 0 unspecified atom stereocenters. The molecule has 2 aromatic carbocycles. The van der Waals surface area contributed by atoms with Crippen molar-refractivity contribution in [3.63, 3.8) is 0 Å². The Morgan fingerprint density at radius 1 is 1.14 bits per heavy atom. The third-order valence-corrected chi connectivity index (χ3v) is 6.79. The Labute approximate surface area is 169 Å². The topological polar surface area (TPSA) is 38.8 Å². The van der Waals surface area contributed by atoms with Crippen molar-refractivity contribution in [2.24, 2.45) is 0 Å². The number of carbonyl (C=O) groups is 1. The quantitative estimate of drug-likeness (QED) is 0.754. The lowest BCUT2D eigenvalue weighted by atomic mass is 9.86. The van der Waals surface area contributed by atoms with Crippen molar-refractivity contribution in [2.45, 2.75) is 41.1 Å². The molecule has 1 fully saturated rings. The Hall–Kier alpha value is -1.89. The van der Waals surface area contributed by atoms with Crippen LogP contribution in [-0.2, 0) is 26.3 Å². The number of halogens is 1. The van der Waals surface area contributed by atoms with E-state index in [1.807, 2.05) is 24.3 Å². The van der Waals surface area contributed by atoms with E-state index < -0.39 is 5.60 Å². The van der Waals surface area contributed by atoms with E-state index in [2.05, 4.69) is 6.07 Å². The highest BCUT2D eigenvalue weighted by Crippen LogP contribution is 2.40. The third kappa shape index (κ3) is 3.56. The molecule has 0 aliphatic carbocycles. The maximum atomic E-state index is 14.6. The molecule has 28 heavy (non-hydrogen) atoms. The van der Waals surface area contributed by atoms with Gasteiger partial charge in [-0.15, -0.1) is 0 Å². The Morgan fingerprint density at radius 3 is 2.68 bits per heavy atom. The Kier molecular flexibility index (Phi) is 5.45. The molecule has 0 bridgehead atoms. The molecule has 1 amide bonds. The van der Waals surface area contributed by atoms with Crippen molar-refractivity contribution in [3.8, 4) is 0 Å². The van der Waals surface area contributed by atoms with Gasteiger partial charge in [0.05, 0.1) is 5.60 Å². The molecule has 2 aliphatic heterocycles. The van der Waals surface area contributed by atoms with Gasteiger partial charge in [-0.2, -0.15) is 0 Å². The van der Waals surface area contributed by atoms with Gasteiger partial charge in [0.1, 0.15) is 5.82 Å². The summed E-state index contributed by atoms with van der Waals surface area (Å²) in [7, 11) is 3.51. The van der Waals surface area contributed by atoms with Gasteiger partial charge in [0, 0.05) is 62.1 Å². The van der Waals surface area contributed by atoms with Crippen LogP contribution >= 0.6 is 11.8 Å². The van der Waals surface area contributed by atoms with Crippen LogP contribution in [0.2, 0.25) is 0 Å². The van der Waals surface area contributed by atoms with Crippen LogP contribution < -0.4 is 4.90 Å². The summed E-state index contributed by atoms with van der Waals surface area (Å²) in [6, 6.07) is 11.2. The van der Waals surface area contributed by atoms with Crippen LogP contribution in [0, 0.1) is 5.82 Å². The van der Waals surface area contributed by atoms with Crippen molar-refractivity contribution in [2.75, 3.05) is 32.3 Å². The molecule has 0 saturated carbocycles. The maximum Gasteiger partial charge on any atom is 0.227 e. The van der Waals surface area contributed by atoms with E-state index in [1.54, 1.807) is 19.1 Å². The minimum absolute atomic E-state index is 0.132. The van der Waals surface area contributed by atoms with E-state index in [0.29, 0.717) is 24.5 Å². The van der Waals surface area contributed by atoms with Gasteiger partial charge in [-0.05, 0) is 47.9 Å². The summed E-state index contributed by atoms with van der Waals surface area (Å²) in [6.07, 6.45) is 2.76. The lowest BCUT2D eigenvalue weighted by molar-refractivity contribution is -0.118. The van der Waals surface area contributed by atoms with Crippen molar-refractivity contribution in [1.82, 2.24) is 0 Å². The van der Waals surface area contributed by atoms with Crippen LogP contribution in [0.1, 0.15) is 30.4 Å². The second-order valence-corrected chi connectivity index (χ2v) is 8.42. The van der Waals surface area contributed by atoms with Crippen LogP contribution in [0.5, 0.6) is 0 Å². The Bertz CT molecular complexity index is 895. The van der Waals surface area contributed by atoms with E-state index in [0.717, 1.165) is 41.0 Å². The lowest BCUT2D eigenvalue weighted by Crippen LogP contribution is -2.35. The number of fused-ring (bicyclic) bond motifs is 1. The second kappa shape index (κ2) is 7.85. The molecule has 1 saturated heterocycles. The minimum atomic E-state index is -0.416. The van der Waals surface area contributed by atoms with Crippen molar-refractivity contribution in [1.29, 1.82) is 0 Å². The summed E-state index contributed by atoms with van der Waals surface area (Å²) < 4.78 is 25.9. The average Bonchev–Trinajstić information content (AvgIpc) is 2.73. The maximum absolute atomic E-state index is 14.6. The van der Waals surface area contributed by atoms with Crippen LogP contribution in [0.15, 0.2) is 46.2 Å². The first-order chi connectivity index (χ1) is 13.5. The minimum Gasteiger partial charge on any atom is -0.381 e. The van der Waals surface area contributed by atoms with Gasteiger partial charge in [-0.3, -0.25) is 4.79 Å². The van der Waals surface area contributed by atoms with Gasteiger partial charge in [0.2, 0.25) is 5.91 Å². The predicted molar refractivity (Wildman–Crippen MR) is 107 cm³/mol. The molecule has 0 spiro atoms. The number of hydrogen-bond donors (Lipinski definition) is 0. The standard InChI is InChI=1S/C22H24FNO3S/c1-24-19-7-5-17(13-15(19)3-8-21(24)25)28-20-14-16(4-6-18(20)23)22(26-2)9-11-27-12-10-22/h4-7,13-14H,3,8-12H2,1-2H3. The molecule has 4 nitrogen and oxygen atoms in total. The number of nitrogens with zero attached hydrogens (tertiary/aromatic N) is 1. The van der Waals surface area contributed by atoms with Gasteiger partial charge in [0.15, 0.2) is 0 Å². The molecule has 0 aromatic heterocycles. The number of carbonyl (C=O) groups excluding carboxylic acids is 1. The smallest absolute Gasteiger partial charge is 0.227 e. The number of amides is 1. The van der Waals surface area contributed by atoms with Crippen LogP contribution in [0.25, 0.3) is 0 Å². The first-order valence-corrected chi connectivity index (χ1v) is 10.3. The molecule has 148 valence electrons. The monoisotopic (exact) mass is 401 g/mol. The fourth-order valence-corrected chi connectivity index (χ4v) is 4.94. The van der Waals surface area contributed by atoms with Gasteiger partial charge in [0.25, 0.3) is 0 Å². The number of hydrogen-bond acceptors (Lipinski definition) is 4. The largest absolute Gasteiger partial charge is 0.381 e. The molecular formula is C22H24FNO3S. The number of benzene rings is 2. The highest BCUT2D eigenvalue weighted by atomic mass is 32.2. The van der Waals surface area contributed by atoms with E-state index in [-0.39, 0.29) is 11.7 Å². The SMILES string of the molecule is COC1(c2ccc(F)c(Sc3ccc4c(c3)CCC(=O)N4C)c2)CCOCC1. The van der Waals surface area contributed by atoms with Crippen LogP contribution in [0.3, 0.4) is 0 Å². The lowest BCUT2D eigenvalue weighted by Gasteiger charge is -2.36. The third-order valence-electron chi connectivity index (χ3n) is 5.77. The molecule has 2 aliphatic rings. The van der Waals surface area contributed by atoms with E-state index in [9.17, 15) is 9.18 Å². The molecule has 0 atom stereocenters. The molecule has 4 rings (SSSR count). The summed E-state index contributed by atoms with van der Waals surface area (Å²) in [6.45, 7) is 1.29. The molecule has 6 heteroatoms. The summed E-state index contributed by atoms with van der Waals surface area (Å²) in [5.41, 5.74) is 2.64. The molecule has 0 radical (unpaired) electrons. The fourth-order valence-electron chi connectivity index (χ4n) is 4.00. The summed E-state index contributed by atoms with van der Waals surface area (Å²) in [4.78, 5) is 15.1. The molecule has 0 N–H and O–H groups in total. The van der Waals surface area contributed by atoms with Gasteiger partial charge in [-0.1, -0.05) is 17.8 Å². The zero-order valence-corrected chi connectivity index (χ0v) is 17.0. The van der Waals surface area contributed by atoms with E-state index in [4.69, 9.17) is 9.47 Å². The summed E-state index contributed by atoms with van der Waals surface area (Å²) >= 11 is 1.41. The summed E-state index contributed by atoms with van der Waals surface area (Å²) in [5, 5.41) is 0. The molecular weight excluding hydrogens is 377 g/mol. The Morgan fingerprint density at radius 2 is 1.93 bits per heavy atom. The zero-order chi connectivity index (χ0) is 19.7. The van der Waals surface area contributed by atoms with Crippen molar-refractivity contribution < 1.29 is 18.7 Å². The highest BCUT2D eigenvalue weighted by molar-refractivity contribution is 7.99. The predicted octanol–water partition coefficient (Wildman–Crippen LogP) is 4.54. The Balaban J connectivity index is 1.63. The van der Waals surface area contributed by atoms with Crippen LogP contribution in [-0.4, -0.2) is 33.3 Å². The second-order valence-electron chi connectivity index (χ2n) is 7.30. The number of rotatable bonds is 4. The summed E-state index contributed by atoms with van der Waals surface area (Å²) in [5.74, 6) is -0.106. The first kappa shape index (κ1) is 19.4. The van der Waals surface area contributed by atoms with Crippen LogP contribution in [0.4, 0.5) is 10.1 Å². The average molecular weight is 402 g/mol. The molecule has 2 heterocycles. The number of aryl methyl sites for hydroxylation is 1.